The molecule has 1 atom stereocenters. The van der Waals surface area contributed by atoms with Crippen LogP contribution >= 0.6 is 11.3 Å². The predicted molar refractivity (Wildman–Crippen MR) is 103 cm³/mol. The molecule has 0 radical (unpaired) electrons. The fraction of sp³-hybridized carbons (Fsp3) is 0.300. The third kappa shape index (κ3) is 3.65. The van der Waals surface area contributed by atoms with E-state index >= 15 is 0 Å². The van der Waals surface area contributed by atoms with Crippen molar-refractivity contribution in [1.82, 2.24) is 4.57 Å². The molecule has 0 N–H and O–H groups in total. The molecule has 8 heteroatoms. The highest BCUT2D eigenvalue weighted by Gasteiger charge is 2.27. The van der Waals surface area contributed by atoms with Crippen LogP contribution in [-0.4, -0.2) is 36.4 Å². The first-order valence-electron chi connectivity index (χ1n) is 9.00. The molecule has 1 aliphatic rings. The Kier molecular flexibility index (Phi) is 5.40. The van der Waals surface area contributed by atoms with E-state index in [1.165, 1.54) is 17.4 Å². The second-order valence-corrected chi connectivity index (χ2v) is 7.14. The van der Waals surface area contributed by atoms with E-state index in [4.69, 9.17) is 14.2 Å². The number of fused-ring (bicyclic) bond motifs is 2. The smallest absolute Gasteiger partial charge is 0.292 e. The molecule has 0 fully saturated rings. The van der Waals surface area contributed by atoms with Gasteiger partial charge in [0.1, 0.15) is 12.4 Å². The van der Waals surface area contributed by atoms with Gasteiger partial charge in [0.05, 0.1) is 16.8 Å². The number of thiazole rings is 1. The first kappa shape index (κ1) is 18.6. The van der Waals surface area contributed by atoms with E-state index in [0.29, 0.717) is 46.3 Å². The fourth-order valence-corrected chi connectivity index (χ4v) is 4.06. The minimum Gasteiger partial charge on any atom is -0.485 e. The molecule has 1 amide bonds. The Morgan fingerprint density at radius 2 is 2.11 bits per heavy atom. The quantitative estimate of drug-likeness (QED) is 0.615. The number of benzene rings is 2. The second-order valence-electron chi connectivity index (χ2n) is 6.13. The minimum absolute atomic E-state index is 0.0809. The predicted octanol–water partition coefficient (Wildman–Crippen LogP) is 3.15. The molecule has 3 aromatic rings. The van der Waals surface area contributed by atoms with Crippen molar-refractivity contribution in [1.29, 1.82) is 0 Å². The van der Waals surface area contributed by atoms with Gasteiger partial charge in [0.25, 0.3) is 5.91 Å². The highest BCUT2D eigenvalue weighted by atomic mass is 32.1. The summed E-state index contributed by atoms with van der Waals surface area (Å²) in [5.74, 6) is 0.285. The first-order valence-corrected chi connectivity index (χ1v) is 9.81. The Balaban J connectivity index is 1.68. The number of carbonyl (C=O) groups is 1. The molecular weight excluding hydrogens is 383 g/mol. The van der Waals surface area contributed by atoms with Gasteiger partial charge in [-0.2, -0.15) is 4.99 Å². The monoisotopic (exact) mass is 402 g/mol. The Hall–Kier alpha value is -2.71. The number of para-hydroxylation sites is 3. The van der Waals surface area contributed by atoms with Gasteiger partial charge in [-0.25, -0.2) is 4.39 Å². The molecule has 1 aliphatic heterocycles. The highest BCUT2D eigenvalue weighted by Crippen LogP contribution is 2.31. The zero-order chi connectivity index (χ0) is 19.5. The van der Waals surface area contributed by atoms with E-state index in [9.17, 15) is 9.18 Å². The van der Waals surface area contributed by atoms with Crippen molar-refractivity contribution in [3.05, 3.63) is 53.1 Å². The number of rotatable bonds is 5. The topological polar surface area (TPSA) is 62.1 Å². The number of halogens is 1. The lowest BCUT2D eigenvalue weighted by Gasteiger charge is -2.23. The van der Waals surface area contributed by atoms with E-state index < -0.39 is 12.0 Å². The molecule has 0 bridgehead atoms. The Morgan fingerprint density at radius 3 is 2.93 bits per heavy atom. The van der Waals surface area contributed by atoms with E-state index in [-0.39, 0.29) is 12.4 Å². The van der Waals surface area contributed by atoms with Gasteiger partial charge in [-0.15, -0.1) is 0 Å². The molecule has 0 saturated heterocycles. The van der Waals surface area contributed by atoms with E-state index in [2.05, 4.69) is 4.99 Å². The summed E-state index contributed by atoms with van der Waals surface area (Å²) in [5.41, 5.74) is 0.421. The first-order chi connectivity index (χ1) is 13.7. The van der Waals surface area contributed by atoms with Crippen molar-refractivity contribution < 1.29 is 23.4 Å². The molecule has 28 heavy (non-hydrogen) atoms. The van der Waals surface area contributed by atoms with Gasteiger partial charge < -0.3 is 18.8 Å². The van der Waals surface area contributed by atoms with Gasteiger partial charge in [-0.1, -0.05) is 29.5 Å². The van der Waals surface area contributed by atoms with Crippen molar-refractivity contribution in [2.45, 2.75) is 19.6 Å². The van der Waals surface area contributed by atoms with Gasteiger partial charge >= 0.3 is 0 Å². The molecule has 0 saturated carbocycles. The van der Waals surface area contributed by atoms with Crippen LogP contribution in [0.2, 0.25) is 0 Å². The Morgan fingerprint density at radius 1 is 1.29 bits per heavy atom. The van der Waals surface area contributed by atoms with Gasteiger partial charge in [0, 0.05) is 13.2 Å². The number of nitrogens with zero attached hydrogens (tertiary/aromatic N) is 2. The number of carbonyl (C=O) groups excluding carboxylic acids is 1. The normalized spacial score (nSPS) is 16.5. The summed E-state index contributed by atoms with van der Waals surface area (Å²) in [4.78, 5) is 17.4. The summed E-state index contributed by atoms with van der Waals surface area (Å²) in [6, 6.07) is 12.0. The molecular formula is C20H19FN2O4S. The number of ether oxygens (including phenoxy) is 3. The van der Waals surface area contributed by atoms with Crippen LogP contribution in [0.5, 0.6) is 11.5 Å². The number of aromatic nitrogens is 1. The summed E-state index contributed by atoms with van der Waals surface area (Å²) in [6.07, 6.45) is -0.842. The van der Waals surface area contributed by atoms with Crippen molar-refractivity contribution in [2.24, 2.45) is 4.99 Å². The largest absolute Gasteiger partial charge is 0.485 e. The van der Waals surface area contributed by atoms with Crippen LogP contribution in [0.3, 0.4) is 0 Å². The molecule has 2 heterocycles. The summed E-state index contributed by atoms with van der Waals surface area (Å²) < 4.78 is 33.5. The van der Waals surface area contributed by atoms with Crippen LogP contribution in [0.25, 0.3) is 10.2 Å². The van der Waals surface area contributed by atoms with Crippen molar-refractivity contribution in [3.63, 3.8) is 0 Å². The van der Waals surface area contributed by atoms with Crippen molar-refractivity contribution >= 4 is 27.5 Å². The lowest BCUT2D eigenvalue weighted by Crippen LogP contribution is -2.37. The van der Waals surface area contributed by atoms with Crippen LogP contribution in [0, 0.1) is 5.82 Å². The third-order valence-electron chi connectivity index (χ3n) is 4.31. The van der Waals surface area contributed by atoms with Crippen LogP contribution in [0.15, 0.2) is 47.5 Å². The van der Waals surface area contributed by atoms with Crippen molar-refractivity contribution in [3.8, 4) is 11.5 Å². The Labute approximate surface area is 164 Å². The van der Waals surface area contributed by atoms with Gasteiger partial charge in [-0.3, -0.25) is 4.79 Å². The Bertz CT molecular complexity index is 1080. The molecule has 1 unspecified atom stereocenters. The van der Waals surface area contributed by atoms with Gasteiger partial charge in [0.2, 0.25) is 6.10 Å². The molecule has 4 rings (SSSR count). The SMILES string of the molecule is CCOCCn1c(=NC(=O)C2COc3ccccc3O2)sc2cccc(F)c21. The van der Waals surface area contributed by atoms with E-state index in [1.54, 1.807) is 28.8 Å². The summed E-state index contributed by atoms with van der Waals surface area (Å²) in [7, 11) is 0. The molecule has 146 valence electrons. The van der Waals surface area contributed by atoms with Gasteiger partial charge in [-0.05, 0) is 31.2 Å². The standard InChI is InChI=1S/C20H19FN2O4S/c1-2-25-11-10-23-18-13(21)6-5-9-17(18)28-20(23)22-19(24)16-12-26-14-7-3-4-8-15(14)27-16/h3-9,16H,2,10-12H2,1H3. The van der Waals surface area contributed by atoms with Crippen LogP contribution in [-0.2, 0) is 16.1 Å². The number of amides is 1. The summed E-state index contributed by atoms with van der Waals surface area (Å²) in [5, 5.41) is 0. The molecule has 0 aliphatic carbocycles. The maximum absolute atomic E-state index is 14.4. The molecule has 6 nitrogen and oxygen atoms in total. The molecule has 2 aromatic carbocycles. The summed E-state index contributed by atoms with van der Waals surface area (Å²) in [6.45, 7) is 3.32. The fourth-order valence-electron chi connectivity index (χ4n) is 2.99. The molecule has 1 aromatic heterocycles. The van der Waals surface area contributed by atoms with Crippen molar-refractivity contribution in [2.75, 3.05) is 19.8 Å². The summed E-state index contributed by atoms with van der Waals surface area (Å²) >= 11 is 1.26. The third-order valence-corrected chi connectivity index (χ3v) is 5.35. The average Bonchev–Trinajstić information content (AvgIpc) is 3.06. The maximum Gasteiger partial charge on any atom is 0.292 e. The van der Waals surface area contributed by atoms with E-state index in [0.717, 1.165) is 0 Å². The highest BCUT2D eigenvalue weighted by molar-refractivity contribution is 7.16. The lowest BCUT2D eigenvalue weighted by molar-refractivity contribution is -0.127. The maximum atomic E-state index is 14.4. The van der Waals surface area contributed by atoms with Crippen LogP contribution in [0.4, 0.5) is 4.39 Å². The van der Waals surface area contributed by atoms with Crippen LogP contribution < -0.4 is 14.3 Å². The second kappa shape index (κ2) is 8.12. The van der Waals surface area contributed by atoms with E-state index in [1.807, 2.05) is 19.1 Å². The van der Waals surface area contributed by atoms with Crippen LogP contribution in [0.1, 0.15) is 6.92 Å². The lowest BCUT2D eigenvalue weighted by atomic mass is 10.2. The zero-order valence-corrected chi connectivity index (χ0v) is 16.1. The minimum atomic E-state index is -0.842. The average molecular weight is 402 g/mol. The zero-order valence-electron chi connectivity index (χ0n) is 15.3. The number of hydrogen-bond acceptors (Lipinski definition) is 5. The molecule has 0 spiro atoms. The van der Waals surface area contributed by atoms with Gasteiger partial charge in [0.15, 0.2) is 16.3 Å². The number of hydrogen-bond donors (Lipinski definition) is 0.